The van der Waals surface area contributed by atoms with Gasteiger partial charge >= 0.3 is 6.03 Å². The lowest BCUT2D eigenvalue weighted by molar-refractivity contribution is -0.108. The number of amides is 3. The van der Waals surface area contributed by atoms with Gasteiger partial charge in [-0.1, -0.05) is 30.7 Å². The number of carbonyl (C=O) groups excluding carboxylic acids is 2. The van der Waals surface area contributed by atoms with Gasteiger partial charge in [0.25, 0.3) is 0 Å². The number of allylic oxidation sites excluding steroid dienone is 9. The normalized spacial score (nSPS) is 15.3. The van der Waals surface area contributed by atoms with Crippen LogP contribution in [-0.2, 0) is 11.3 Å². The highest BCUT2D eigenvalue weighted by atomic mass is 31.0. The van der Waals surface area contributed by atoms with E-state index in [0.717, 1.165) is 28.4 Å². The zero-order valence-corrected chi connectivity index (χ0v) is 25.6. The lowest BCUT2D eigenvalue weighted by Gasteiger charge is -2.23. The molecule has 1 aromatic carbocycles. The summed E-state index contributed by atoms with van der Waals surface area (Å²) >= 11 is 0. The van der Waals surface area contributed by atoms with Crippen LogP contribution in [0.2, 0.25) is 0 Å². The van der Waals surface area contributed by atoms with Crippen LogP contribution >= 0.6 is 9.24 Å². The molecular weight excluding hydrogens is 533 g/mol. The van der Waals surface area contributed by atoms with Crippen molar-refractivity contribution in [2.24, 2.45) is 4.99 Å². The molecule has 0 aromatic heterocycles. The molecule has 1 aliphatic carbocycles. The van der Waals surface area contributed by atoms with Crippen molar-refractivity contribution in [2.75, 3.05) is 7.05 Å². The minimum Gasteiger partial charge on any atom is -0.393 e. The third-order valence-corrected chi connectivity index (χ3v) is 6.94. The maximum absolute atomic E-state index is 13.8. The monoisotopic (exact) mass is 571 g/mol. The van der Waals surface area contributed by atoms with Crippen LogP contribution in [0.15, 0.2) is 87.9 Å². The summed E-state index contributed by atoms with van der Waals surface area (Å²) in [6.07, 6.45) is 13.7. The van der Waals surface area contributed by atoms with Gasteiger partial charge in [-0.3, -0.25) is 15.0 Å². The van der Waals surface area contributed by atoms with Crippen molar-refractivity contribution in [3.05, 3.63) is 99.6 Å². The third kappa shape index (κ3) is 9.55. The van der Waals surface area contributed by atoms with E-state index in [9.17, 15) is 14.9 Å². The zero-order valence-electron chi connectivity index (χ0n) is 24.4. The van der Waals surface area contributed by atoms with Gasteiger partial charge in [-0.15, -0.1) is 9.24 Å². The van der Waals surface area contributed by atoms with Gasteiger partial charge in [0.15, 0.2) is 0 Å². The largest absolute Gasteiger partial charge is 0.393 e. The number of hydrogen-bond acceptors (Lipinski definition) is 5. The molecule has 2 rings (SSSR count). The molecule has 0 radical (unpaired) electrons. The molecule has 0 fully saturated rings. The highest BCUT2D eigenvalue weighted by Gasteiger charge is 2.20. The van der Waals surface area contributed by atoms with Gasteiger partial charge in [0, 0.05) is 30.2 Å². The number of guanidine groups is 1. The molecule has 0 bridgehead atoms. The SMILES string of the molecule is C\C=C(/C=C(C)\C=C(/C)CC)N(Cc1cc(C)c(P)c(C#N)c1)C(=O)/N=C(\NC=O)NC1=C/C(=C/NC)C(=N)C=C1. The van der Waals surface area contributed by atoms with Crippen LogP contribution in [0, 0.1) is 23.7 Å². The predicted octanol–water partition coefficient (Wildman–Crippen LogP) is 4.76. The number of urea groups is 1. The molecule has 3 amide bonds. The smallest absolute Gasteiger partial charge is 0.351 e. The standard InChI is InChI=1S/C31H38N7O2P/c1-7-20(3)11-21(4)12-27(8-2)38(18-23-13-22(5)29(41)24(14-23)16-32)31(40)37-30(35-19-39)36-26-9-10-28(33)25(15-26)17-34-6/h8-15,17,19,33-34H,7,18,41H2,1-6H3,(H2,35,36,37,39,40)/b20-11+,21-12-,25-17-,27-8+,33-28?. The molecule has 1 unspecified atom stereocenters. The van der Waals surface area contributed by atoms with Crippen LogP contribution in [-0.4, -0.2) is 36.1 Å². The van der Waals surface area contributed by atoms with Crippen molar-refractivity contribution < 1.29 is 9.59 Å². The average Bonchev–Trinajstić information content (AvgIpc) is 2.94. The van der Waals surface area contributed by atoms with Crippen LogP contribution in [0.4, 0.5) is 4.79 Å². The molecule has 9 nitrogen and oxygen atoms in total. The summed E-state index contributed by atoms with van der Waals surface area (Å²) in [4.78, 5) is 30.9. The second-order valence-corrected chi connectivity index (χ2v) is 9.96. The van der Waals surface area contributed by atoms with E-state index in [0.29, 0.717) is 34.7 Å². The second kappa shape index (κ2) is 15.9. The molecule has 1 aliphatic rings. The van der Waals surface area contributed by atoms with Gasteiger partial charge in [-0.2, -0.15) is 10.3 Å². The molecule has 0 spiro atoms. The minimum atomic E-state index is -0.625. The Morgan fingerprint density at radius 1 is 1.24 bits per heavy atom. The summed E-state index contributed by atoms with van der Waals surface area (Å²) < 4.78 is 0. The highest BCUT2D eigenvalue weighted by molar-refractivity contribution is 7.27. The predicted molar refractivity (Wildman–Crippen MR) is 170 cm³/mol. The molecule has 214 valence electrons. The maximum Gasteiger partial charge on any atom is 0.351 e. The van der Waals surface area contributed by atoms with E-state index in [1.54, 1.807) is 37.5 Å². The number of nitrogens with one attached hydrogen (secondary N) is 4. The number of hydrogen-bond donors (Lipinski definition) is 4. The topological polar surface area (TPSA) is 133 Å². The Kier molecular flexibility index (Phi) is 12.7. The number of aryl methyl sites for hydroxylation is 1. The van der Waals surface area contributed by atoms with Crippen LogP contribution in [0.25, 0.3) is 0 Å². The van der Waals surface area contributed by atoms with Crippen LogP contribution in [0.1, 0.15) is 50.8 Å². The molecule has 0 heterocycles. The average molecular weight is 572 g/mol. The van der Waals surface area contributed by atoms with E-state index in [-0.39, 0.29) is 12.5 Å². The summed E-state index contributed by atoms with van der Waals surface area (Å²) in [5.74, 6) is -0.0739. The van der Waals surface area contributed by atoms with E-state index in [1.165, 1.54) is 10.5 Å². The van der Waals surface area contributed by atoms with Gasteiger partial charge in [-0.25, -0.2) is 4.79 Å². The van der Waals surface area contributed by atoms with Crippen molar-refractivity contribution >= 4 is 38.7 Å². The first-order chi connectivity index (χ1) is 19.6. The van der Waals surface area contributed by atoms with Crippen molar-refractivity contribution in [3.63, 3.8) is 0 Å². The summed E-state index contributed by atoms with van der Waals surface area (Å²) in [6, 6.07) is 5.28. The Bertz CT molecular complexity index is 1450. The fourth-order valence-electron chi connectivity index (χ4n) is 3.95. The summed E-state index contributed by atoms with van der Waals surface area (Å²) in [7, 11) is 4.32. The number of nitriles is 1. The fraction of sp³-hybridized carbons (Fsp3) is 0.258. The maximum atomic E-state index is 13.8. The Morgan fingerprint density at radius 2 is 1.98 bits per heavy atom. The quantitative estimate of drug-likeness (QED) is 0.111. The number of rotatable bonds is 9. The molecule has 41 heavy (non-hydrogen) atoms. The lowest BCUT2D eigenvalue weighted by atomic mass is 10.0. The molecule has 0 saturated carbocycles. The van der Waals surface area contributed by atoms with Gasteiger partial charge in [0.1, 0.15) is 0 Å². The van der Waals surface area contributed by atoms with E-state index in [1.807, 2.05) is 45.9 Å². The van der Waals surface area contributed by atoms with E-state index in [2.05, 4.69) is 49.3 Å². The summed E-state index contributed by atoms with van der Waals surface area (Å²) in [5.41, 5.74) is 6.40. The Morgan fingerprint density at radius 3 is 2.59 bits per heavy atom. The first-order valence-corrected chi connectivity index (χ1v) is 13.7. The van der Waals surface area contributed by atoms with Crippen molar-refractivity contribution in [1.82, 2.24) is 20.9 Å². The number of nitrogens with zero attached hydrogens (tertiary/aromatic N) is 3. The summed E-state index contributed by atoms with van der Waals surface area (Å²) in [6.45, 7) is 9.98. The Hall–Kier alpha value is -4.54. The molecule has 0 saturated heterocycles. The second-order valence-electron chi connectivity index (χ2n) is 9.38. The fourth-order valence-corrected chi connectivity index (χ4v) is 4.18. The molecule has 10 heteroatoms. The molecule has 1 aromatic rings. The van der Waals surface area contributed by atoms with Crippen molar-refractivity contribution in [2.45, 2.75) is 47.6 Å². The van der Waals surface area contributed by atoms with Crippen LogP contribution < -0.4 is 21.3 Å². The van der Waals surface area contributed by atoms with E-state index >= 15 is 0 Å². The first-order valence-electron chi connectivity index (χ1n) is 13.1. The highest BCUT2D eigenvalue weighted by Crippen LogP contribution is 2.20. The number of aliphatic imine (C=N–C) groups is 1. The van der Waals surface area contributed by atoms with Crippen molar-refractivity contribution in [1.29, 1.82) is 10.7 Å². The van der Waals surface area contributed by atoms with Gasteiger partial charge in [0.05, 0.1) is 23.9 Å². The Balaban J connectivity index is 2.57. The lowest BCUT2D eigenvalue weighted by Crippen LogP contribution is -2.38. The molecule has 0 aliphatic heterocycles. The van der Waals surface area contributed by atoms with Gasteiger partial charge in [-0.05, 0) is 86.5 Å². The molecule has 1 atom stereocenters. The number of benzene rings is 1. The molecule has 4 N–H and O–H groups in total. The van der Waals surface area contributed by atoms with Gasteiger partial charge < -0.3 is 16.0 Å². The van der Waals surface area contributed by atoms with E-state index in [4.69, 9.17) is 5.41 Å². The summed E-state index contributed by atoms with van der Waals surface area (Å²) in [5, 5.41) is 26.8. The van der Waals surface area contributed by atoms with Crippen molar-refractivity contribution in [3.8, 4) is 6.07 Å². The third-order valence-electron chi connectivity index (χ3n) is 6.17. The van der Waals surface area contributed by atoms with E-state index < -0.39 is 6.03 Å². The first kappa shape index (κ1) is 32.7. The number of carbonyl (C=O) groups is 2. The molecular formula is C31H38N7O2P. The van der Waals surface area contributed by atoms with Gasteiger partial charge in [0.2, 0.25) is 12.4 Å². The van der Waals surface area contributed by atoms with Crippen LogP contribution in [0.3, 0.4) is 0 Å². The van der Waals surface area contributed by atoms with Crippen LogP contribution in [0.5, 0.6) is 0 Å². The minimum absolute atomic E-state index is 0.0739. The zero-order chi connectivity index (χ0) is 30.5. The Labute approximate surface area is 244 Å².